The quantitative estimate of drug-likeness (QED) is 0.838. The predicted molar refractivity (Wildman–Crippen MR) is 80.3 cm³/mol. The summed E-state index contributed by atoms with van der Waals surface area (Å²) in [5.41, 5.74) is 2.04. The summed E-state index contributed by atoms with van der Waals surface area (Å²) in [7, 11) is 0. The molecule has 0 bridgehead atoms. The minimum atomic E-state index is -0.617. The Labute approximate surface area is 120 Å². The van der Waals surface area contributed by atoms with Crippen LogP contribution in [-0.4, -0.2) is 29.0 Å². The number of carbonyl (C=O) groups excluding carboxylic acids is 1. The summed E-state index contributed by atoms with van der Waals surface area (Å²) in [5.74, 6) is 0.226. The Kier molecular flexibility index (Phi) is 4.96. The lowest BCUT2D eigenvalue weighted by Gasteiger charge is -2.26. The maximum atomic E-state index is 12.4. The molecule has 108 valence electrons. The zero-order valence-corrected chi connectivity index (χ0v) is 12.2. The summed E-state index contributed by atoms with van der Waals surface area (Å²) in [6, 6.07) is 7.82. The maximum absolute atomic E-state index is 12.4. The number of rotatable bonds is 5. The van der Waals surface area contributed by atoms with E-state index in [4.69, 9.17) is 0 Å². The molecule has 3 nitrogen and oxygen atoms in total. The third-order valence-electron chi connectivity index (χ3n) is 3.91. The van der Waals surface area contributed by atoms with Gasteiger partial charge in [0.25, 0.3) is 0 Å². The normalized spacial score (nSPS) is 16.4. The van der Waals surface area contributed by atoms with Crippen molar-refractivity contribution < 1.29 is 9.90 Å². The van der Waals surface area contributed by atoms with E-state index in [0.29, 0.717) is 13.1 Å². The molecule has 0 aromatic heterocycles. The van der Waals surface area contributed by atoms with Gasteiger partial charge >= 0.3 is 0 Å². The number of aliphatic hydroxyl groups is 1. The lowest BCUT2D eigenvalue weighted by atomic mass is 10.0. The van der Waals surface area contributed by atoms with Crippen LogP contribution in [0, 0.1) is 12.8 Å². The van der Waals surface area contributed by atoms with Gasteiger partial charge in [-0.1, -0.05) is 42.0 Å². The van der Waals surface area contributed by atoms with Gasteiger partial charge in [-0.2, -0.15) is 0 Å². The molecule has 20 heavy (non-hydrogen) atoms. The first-order valence-electron chi connectivity index (χ1n) is 7.30. The first-order chi connectivity index (χ1) is 9.61. The first-order valence-corrected chi connectivity index (χ1v) is 7.30. The Morgan fingerprint density at radius 3 is 2.45 bits per heavy atom. The first kappa shape index (κ1) is 14.8. The van der Waals surface area contributed by atoms with Crippen molar-refractivity contribution in [3.63, 3.8) is 0 Å². The van der Waals surface area contributed by atoms with Crippen LogP contribution in [0.25, 0.3) is 0 Å². The molecule has 0 saturated heterocycles. The smallest absolute Gasteiger partial charge is 0.226 e. The van der Waals surface area contributed by atoms with Crippen LogP contribution in [0.1, 0.15) is 37.0 Å². The zero-order valence-electron chi connectivity index (χ0n) is 12.2. The second-order valence-corrected chi connectivity index (χ2v) is 5.44. The van der Waals surface area contributed by atoms with Gasteiger partial charge in [0.05, 0.1) is 12.6 Å². The summed E-state index contributed by atoms with van der Waals surface area (Å²) < 4.78 is 0. The Bertz CT molecular complexity index is 470. The molecule has 1 aliphatic carbocycles. The lowest BCUT2D eigenvalue weighted by molar-refractivity contribution is -0.136. The highest BCUT2D eigenvalue weighted by molar-refractivity contribution is 5.79. The number of aliphatic hydroxyl groups excluding tert-OH is 1. The standard InChI is InChI=1S/C17H23NO2/c1-3-18(17(20)15-6-4-5-7-15)12-16(19)14-10-8-13(2)9-11-14/h4-5,8-11,15-16,19H,3,6-7,12H2,1-2H3/t16-/m0/s1. The number of carbonyl (C=O) groups is 1. The van der Waals surface area contributed by atoms with Crippen molar-refractivity contribution in [2.24, 2.45) is 5.92 Å². The van der Waals surface area contributed by atoms with E-state index in [0.717, 1.165) is 18.4 Å². The van der Waals surface area contributed by atoms with Crippen LogP contribution >= 0.6 is 0 Å². The van der Waals surface area contributed by atoms with E-state index in [-0.39, 0.29) is 11.8 Å². The fourth-order valence-electron chi connectivity index (χ4n) is 2.55. The van der Waals surface area contributed by atoms with Crippen LogP contribution in [0.4, 0.5) is 0 Å². The second kappa shape index (κ2) is 6.71. The molecular weight excluding hydrogens is 250 g/mol. The SMILES string of the molecule is CCN(C[C@H](O)c1ccc(C)cc1)C(=O)C1CC=CC1. The summed E-state index contributed by atoms with van der Waals surface area (Å²) in [6.45, 7) is 4.99. The number of allylic oxidation sites excluding steroid dienone is 2. The predicted octanol–water partition coefficient (Wildman–Crippen LogP) is 2.84. The van der Waals surface area contributed by atoms with Crippen molar-refractivity contribution >= 4 is 5.91 Å². The zero-order chi connectivity index (χ0) is 14.5. The van der Waals surface area contributed by atoms with Gasteiger partial charge in [-0.15, -0.1) is 0 Å². The molecule has 1 aromatic rings. The molecule has 0 heterocycles. The third kappa shape index (κ3) is 3.48. The van der Waals surface area contributed by atoms with Crippen LogP contribution in [0.5, 0.6) is 0 Å². The minimum absolute atomic E-state index is 0.0696. The topological polar surface area (TPSA) is 40.5 Å². The number of hydrogen-bond donors (Lipinski definition) is 1. The van der Waals surface area contributed by atoms with Crippen molar-refractivity contribution in [1.82, 2.24) is 4.90 Å². The number of likely N-dealkylation sites (N-methyl/N-ethyl adjacent to an activating group) is 1. The minimum Gasteiger partial charge on any atom is -0.387 e. The van der Waals surface area contributed by atoms with E-state index in [9.17, 15) is 9.90 Å². The average molecular weight is 273 g/mol. The Morgan fingerprint density at radius 2 is 1.90 bits per heavy atom. The Hall–Kier alpha value is -1.61. The average Bonchev–Trinajstić information content (AvgIpc) is 2.98. The Balaban J connectivity index is 1.98. The van der Waals surface area contributed by atoms with Crippen molar-refractivity contribution in [1.29, 1.82) is 0 Å². The third-order valence-corrected chi connectivity index (χ3v) is 3.91. The monoisotopic (exact) mass is 273 g/mol. The van der Waals surface area contributed by atoms with Crippen LogP contribution in [0.15, 0.2) is 36.4 Å². The van der Waals surface area contributed by atoms with E-state index >= 15 is 0 Å². The van der Waals surface area contributed by atoms with Crippen LogP contribution in [0.3, 0.4) is 0 Å². The fourth-order valence-corrected chi connectivity index (χ4v) is 2.55. The number of amides is 1. The molecule has 1 aliphatic rings. The van der Waals surface area contributed by atoms with Crippen LogP contribution < -0.4 is 0 Å². The van der Waals surface area contributed by atoms with Crippen molar-refractivity contribution in [2.45, 2.75) is 32.8 Å². The van der Waals surface area contributed by atoms with Crippen molar-refractivity contribution in [3.05, 3.63) is 47.5 Å². The second-order valence-electron chi connectivity index (χ2n) is 5.44. The largest absolute Gasteiger partial charge is 0.387 e. The van der Waals surface area contributed by atoms with Gasteiger partial charge in [-0.05, 0) is 32.3 Å². The highest BCUT2D eigenvalue weighted by atomic mass is 16.3. The number of benzene rings is 1. The van der Waals surface area contributed by atoms with E-state index in [1.54, 1.807) is 4.90 Å². The number of hydrogen-bond acceptors (Lipinski definition) is 2. The van der Waals surface area contributed by atoms with E-state index in [2.05, 4.69) is 12.2 Å². The molecule has 3 heteroatoms. The molecule has 0 saturated carbocycles. The molecule has 0 radical (unpaired) electrons. The highest BCUT2D eigenvalue weighted by Gasteiger charge is 2.25. The van der Waals surface area contributed by atoms with Gasteiger partial charge in [0.2, 0.25) is 5.91 Å². The molecule has 1 N–H and O–H groups in total. The summed E-state index contributed by atoms with van der Waals surface area (Å²) in [4.78, 5) is 14.1. The lowest BCUT2D eigenvalue weighted by Crippen LogP contribution is -2.38. The fraction of sp³-hybridized carbons (Fsp3) is 0.471. The molecule has 1 atom stereocenters. The summed E-state index contributed by atoms with van der Waals surface area (Å²) in [5, 5.41) is 10.3. The molecule has 2 rings (SSSR count). The highest BCUT2D eigenvalue weighted by Crippen LogP contribution is 2.22. The van der Waals surface area contributed by atoms with Gasteiger partial charge in [-0.25, -0.2) is 0 Å². The van der Waals surface area contributed by atoms with Gasteiger partial charge in [0.1, 0.15) is 0 Å². The molecule has 1 amide bonds. The maximum Gasteiger partial charge on any atom is 0.226 e. The molecule has 0 spiro atoms. The molecule has 0 unspecified atom stereocenters. The van der Waals surface area contributed by atoms with Crippen molar-refractivity contribution in [2.75, 3.05) is 13.1 Å². The summed E-state index contributed by atoms with van der Waals surface area (Å²) >= 11 is 0. The van der Waals surface area contributed by atoms with E-state index in [1.165, 1.54) is 5.56 Å². The number of aryl methyl sites for hydroxylation is 1. The van der Waals surface area contributed by atoms with Crippen LogP contribution in [-0.2, 0) is 4.79 Å². The van der Waals surface area contributed by atoms with Gasteiger partial charge in [0.15, 0.2) is 0 Å². The van der Waals surface area contributed by atoms with Gasteiger partial charge < -0.3 is 10.0 Å². The van der Waals surface area contributed by atoms with Gasteiger partial charge in [-0.3, -0.25) is 4.79 Å². The number of nitrogens with zero attached hydrogens (tertiary/aromatic N) is 1. The van der Waals surface area contributed by atoms with Crippen molar-refractivity contribution in [3.8, 4) is 0 Å². The molecule has 1 aromatic carbocycles. The van der Waals surface area contributed by atoms with Gasteiger partial charge in [0, 0.05) is 12.5 Å². The van der Waals surface area contributed by atoms with E-state index < -0.39 is 6.10 Å². The molecular formula is C17H23NO2. The summed E-state index contributed by atoms with van der Waals surface area (Å²) in [6.07, 6.45) is 5.17. The molecule has 0 fully saturated rings. The van der Waals surface area contributed by atoms with E-state index in [1.807, 2.05) is 38.1 Å². The Morgan fingerprint density at radius 1 is 1.30 bits per heavy atom. The molecule has 0 aliphatic heterocycles. The van der Waals surface area contributed by atoms with Crippen LogP contribution in [0.2, 0.25) is 0 Å².